The number of nitrogens with zero attached hydrogens (tertiary/aromatic N) is 3. The highest BCUT2D eigenvalue weighted by Gasteiger charge is 2.29. The molecule has 0 saturated heterocycles. The summed E-state index contributed by atoms with van der Waals surface area (Å²) >= 11 is 6.00. The van der Waals surface area contributed by atoms with E-state index in [-0.39, 0.29) is 17.4 Å². The molecule has 0 amide bonds. The third-order valence-electron chi connectivity index (χ3n) is 4.44. The Labute approximate surface area is 171 Å². The minimum Gasteiger partial charge on any atom is -0.507 e. The van der Waals surface area contributed by atoms with Gasteiger partial charge in [-0.05, 0) is 38.1 Å². The number of H-pyrrole nitrogens is 1. The zero-order chi connectivity index (χ0) is 21.5. The highest BCUT2D eigenvalue weighted by molar-refractivity contribution is 7.89. The van der Waals surface area contributed by atoms with Crippen molar-refractivity contribution in [1.82, 2.24) is 19.1 Å². The Bertz CT molecular complexity index is 1230. The van der Waals surface area contributed by atoms with E-state index in [1.807, 2.05) is 0 Å². The Hall–Kier alpha value is -2.82. The lowest BCUT2D eigenvalue weighted by atomic mass is 10.1. The summed E-state index contributed by atoms with van der Waals surface area (Å²) in [6, 6.07) is 7.99. The van der Waals surface area contributed by atoms with Gasteiger partial charge in [-0.3, -0.25) is 0 Å². The minimum absolute atomic E-state index is 0.0431. The number of aromatic nitrogens is 3. The van der Waals surface area contributed by atoms with Crippen molar-refractivity contribution in [2.24, 2.45) is 0 Å². The van der Waals surface area contributed by atoms with E-state index in [0.29, 0.717) is 10.7 Å². The number of hydrogen-bond donors (Lipinski definition) is 3. The van der Waals surface area contributed by atoms with Crippen molar-refractivity contribution in [2.75, 3.05) is 7.05 Å². The quantitative estimate of drug-likeness (QED) is 0.560. The lowest BCUT2D eigenvalue weighted by Crippen LogP contribution is -2.33. The van der Waals surface area contributed by atoms with Gasteiger partial charge >= 0.3 is 5.69 Å². The van der Waals surface area contributed by atoms with Gasteiger partial charge in [-0.1, -0.05) is 17.7 Å². The molecule has 0 aliphatic rings. The van der Waals surface area contributed by atoms with Crippen LogP contribution < -0.4 is 5.69 Å². The first-order valence-corrected chi connectivity index (χ1v) is 10.3. The van der Waals surface area contributed by atoms with Crippen LogP contribution in [-0.4, -0.2) is 50.8 Å². The first-order chi connectivity index (χ1) is 13.5. The number of aromatic hydroxyl groups is 2. The Kier molecular flexibility index (Phi) is 5.44. The maximum absolute atomic E-state index is 12.9. The summed E-state index contributed by atoms with van der Waals surface area (Å²) in [5.41, 5.74) is -0.308. The smallest absolute Gasteiger partial charge is 0.348 e. The maximum atomic E-state index is 12.9. The molecular weight excluding hydrogens is 420 g/mol. The molecule has 1 aromatic heterocycles. The molecule has 11 heteroatoms. The Morgan fingerprint density at radius 3 is 2.48 bits per heavy atom. The average molecular weight is 439 g/mol. The number of phenolic OH excluding ortho intramolecular Hbond substituents is 2. The largest absolute Gasteiger partial charge is 0.507 e. The molecule has 0 fully saturated rings. The fourth-order valence-corrected chi connectivity index (χ4v) is 4.35. The van der Waals surface area contributed by atoms with E-state index in [1.54, 1.807) is 32.0 Å². The molecule has 0 bridgehead atoms. The van der Waals surface area contributed by atoms with Crippen molar-refractivity contribution < 1.29 is 18.6 Å². The van der Waals surface area contributed by atoms with Crippen molar-refractivity contribution >= 4 is 21.6 Å². The van der Waals surface area contributed by atoms with Gasteiger partial charge in [-0.2, -0.15) is 9.40 Å². The van der Waals surface area contributed by atoms with Crippen LogP contribution in [-0.2, 0) is 10.0 Å². The number of hydrogen-bond acceptors (Lipinski definition) is 6. The van der Waals surface area contributed by atoms with Gasteiger partial charge in [0.1, 0.15) is 16.4 Å². The van der Waals surface area contributed by atoms with Crippen LogP contribution in [0.5, 0.6) is 11.5 Å². The van der Waals surface area contributed by atoms with Gasteiger partial charge in [0.2, 0.25) is 10.0 Å². The molecule has 3 rings (SSSR count). The predicted octanol–water partition coefficient (Wildman–Crippen LogP) is 2.32. The van der Waals surface area contributed by atoms with E-state index < -0.39 is 32.1 Å². The summed E-state index contributed by atoms with van der Waals surface area (Å²) in [6.07, 6.45) is 0. The van der Waals surface area contributed by atoms with E-state index in [9.17, 15) is 23.4 Å². The summed E-state index contributed by atoms with van der Waals surface area (Å²) in [5, 5.41) is 27.1. The molecule has 0 aliphatic carbocycles. The highest BCUT2D eigenvalue weighted by atomic mass is 35.5. The zero-order valence-electron chi connectivity index (χ0n) is 15.8. The Balaban J connectivity index is 2.26. The third-order valence-corrected chi connectivity index (χ3v) is 6.74. The first kappa shape index (κ1) is 20.9. The molecular formula is C18H19ClN4O5S. The number of phenols is 2. The summed E-state index contributed by atoms with van der Waals surface area (Å²) < 4.78 is 27.9. The zero-order valence-corrected chi connectivity index (χ0v) is 17.4. The molecule has 29 heavy (non-hydrogen) atoms. The average Bonchev–Trinajstić information content (AvgIpc) is 3.02. The van der Waals surface area contributed by atoms with Gasteiger partial charge in [0.05, 0.1) is 11.3 Å². The Morgan fingerprint density at radius 1 is 1.17 bits per heavy atom. The van der Waals surface area contributed by atoms with E-state index in [1.165, 1.54) is 13.1 Å². The fraction of sp³-hybridized carbons (Fsp3) is 0.222. The van der Waals surface area contributed by atoms with Crippen LogP contribution in [0.4, 0.5) is 0 Å². The van der Waals surface area contributed by atoms with Gasteiger partial charge < -0.3 is 10.2 Å². The summed E-state index contributed by atoms with van der Waals surface area (Å²) in [5.74, 6) is -1.11. The number of aromatic amines is 1. The third kappa shape index (κ3) is 3.74. The predicted molar refractivity (Wildman–Crippen MR) is 108 cm³/mol. The molecule has 0 aliphatic heterocycles. The van der Waals surface area contributed by atoms with E-state index in [4.69, 9.17) is 11.6 Å². The highest BCUT2D eigenvalue weighted by Crippen LogP contribution is 2.37. The van der Waals surface area contributed by atoms with Crippen molar-refractivity contribution in [2.45, 2.75) is 24.8 Å². The van der Waals surface area contributed by atoms with E-state index >= 15 is 0 Å². The van der Waals surface area contributed by atoms with E-state index in [0.717, 1.165) is 21.0 Å². The minimum atomic E-state index is -4.07. The van der Waals surface area contributed by atoms with Gasteiger partial charge in [0.15, 0.2) is 5.82 Å². The second kappa shape index (κ2) is 7.54. The van der Waals surface area contributed by atoms with Gasteiger partial charge in [-0.25, -0.2) is 22.9 Å². The first-order valence-electron chi connectivity index (χ1n) is 8.51. The molecule has 0 radical (unpaired) electrons. The van der Waals surface area contributed by atoms with Crippen molar-refractivity contribution in [3.05, 3.63) is 51.9 Å². The van der Waals surface area contributed by atoms with Crippen LogP contribution in [0.15, 0.2) is 46.1 Å². The topological polar surface area (TPSA) is 129 Å². The van der Waals surface area contributed by atoms with Crippen LogP contribution in [0, 0.1) is 0 Å². The standard InChI is InChI=1S/C18H19ClN4O5S/c1-10(2)22(3)29(27,28)16-8-13(14(24)9-15(16)25)17-20-21-18(26)23(17)12-6-4-5-11(19)7-12/h4-10,24-25H,1-3H3,(H,21,26). The lowest BCUT2D eigenvalue weighted by Gasteiger charge is -2.22. The maximum Gasteiger partial charge on any atom is 0.348 e. The Morgan fingerprint density at radius 2 is 1.86 bits per heavy atom. The molecule has 154 valence electrons. The van der Waals surface area contributed by atoms with Crippen molar-refractivity contribution in [1.29, 1.82) is 0 Å². The van der Waals surface area contributed by atoms with Crippen LogP contribution in [0.3, 0.4) is 0 Å². The van der Waals surface area contributed by atoms with Crippen LogP contribution in [0.25, 0.3) is 17.1 Å². The van der Waals surface area contributed by atoms with Crippen molar-refractivity contribution in [3.8, 4) is 28.6 Å². The van der Waals surface area contributed by atoms with Gasteiger partial charge in [0.25, 0.3) is 0 Å². The van der Waals surface area contributed by atoms with Gasteiger partial charge in [0, 0.05) is 24.2 Å². The lowest BCUT2D eigenvalue weighted by molar-refractivity contribution is 0.401. The number of sulfonamides is 1. The fourth-order valence-electron chi connectivity index (χ4n) is 2.71. The summed E-state index contributed by atoms with van der Waals surface area (Å²) in [4.78, 5) is 11.9. The van der Waals surface area contributed by atoms with Crippen LogP contribution >= 0.6 is 11.6 Å². The number of nitrogens with one attached hydrogen (secondary N) is 1. The molecule has 0 atom stereocenters. The number of halogens is 1. The normalized spacial score (nSPS) is 12.1. The second-order valence-corrected chi connectivity index (χ2v) is 9.02. The number of rotatable bonds is 5. The molecule has 0 saturated carbocycles. The second-order valence-electron chi connectivity index (χ2n) is 6.62. The summed E-state index contributed by atoms with van der Waals surface area (Å²) in [7, 11) is -2.69. The van der Waals surface area contributed by atoms with Crippen molar-refractivity contribution in [3.63, 3.8) is 0 Å². The number of benzene rings is 2. The molecule has 1 heterocycles. The SMILES string of the molecule is CC(C)N(C)S(=O)(=O)c1cc(-c2n[nH]c(=O)n2-c2cccc(Cl)c2)c(O)cc1O. The monoisotopic (exact) mass is 438 g/mol. The molecule has 3 aromatic rings. The van der Waals surface area contributed by atoms with Gasteiger partial charge in [-0.15, -0.1) is 0 Å². The molecule has 3 N–H and O–H groups in total. The summed E-state index contributed by atoms with van der Waals surface area (Å²) in [6.45, 7) is 3.36. The molecule has 9 nitrogen and oxygen atoms in total. The van der Waals surface area contributed by atoms with Crippen LogP contribution in [0.1, 0.15) is 13.8 Å². The molecule has 0 unspecified atom stereocenters. The van der Waals surface area contributed by atoms with Crippen LogP contribution in [0.2, 0.25) is 5.02 Å². The molecule has 0 spiro atoms. The molecule has 2 aromatic carbocycles. The van der Waals surface area contributed by atoms with E-state index in [2.05, 4.69) is 10.2 Å².